The summed E-state index contributed by atoms with van der Waals surface area (Å²) in [5.41, 5.74) is 7.98. The lowest BCUT2D eigenvalue weighted by Crippen LogP contribution is -2.48. The molecule has 0 radical (unpaired) electrons. The number of carbonyl (C=O) groups excluding carboxylic acids is 1. The van der Waals surface area contributed by atoms with Crippen molar-refractivity contribution in [1.82, 2.24) is 14.9 Å². The van der Waals surface area contributed by atoms with Gasteiger partial charge in [-0.1, -0.05) is 25.2 Å². The number of amides is 1. The SMILES string of the molecule is CCOc1cnc(/C(C#N)=C\N)c(-c2ccc(N3CCN(C(=O)C#CC4CC5CCCC5C4)CC3)nc2)c1. The molecule has 2 atom stereocenters. The highest BCUT2D eigenvalue weighted by atomic mass is 16.5. The van der Waals surface area contributed by atoms with Crippen LogP contribution in [0.25, 0.3) is 16.7 Å². The maximum Gasteiger partial charge on any atom is 0.298 e. The number of carbonyl (C=O) groups is 1. The lowest BCUT2D eigenvalue weighted by atomic mass is 10.0. The first-order valence-corrected chi connectivity index (χ1v) is 13.6. The first kappa shape index (κ1) is 25.6. The molecule has 1 saturated heterocycles. The molecule has 3 heterocycles. The third-order valence-electron chi connectivity index (χ3n) is 8.04. The fourth-order valence-electron chi connectivity index (χ4n) is 6.09. The van der Waals surface area contributed by atoms with Gasteiger partial charge in [0, 0.05) is 55.6 Å². The van der Waals surface area contributed by atoms with Crippen LogP contribution in [0.1, 0.15) is 44.7 Å². The first-order valence-electron chi connectivity index (χ1n) is 13.6. The lowest BCUT2D eigenvalue weighted by molar-refractivity contribution is -0.125. The molecule has 8 heteroatoms. The second kappa shape index (κ2) is 11.6. The zero-order valence-corrected chi connectivity index (χ0v) is 21.9. The van der Waals surface area contributed by atoms with Gasteiger partial charge in [-0.2, -0.15) is 5.26 Å². The number of aromatic nitrogens is 2. The van der Waals surface area contributed by atoms with Crippen molar-refractivity contribution in [1.29, 1.82) is 5.26 Å². The van der Waals surface area contributed by atoms with Crippen LogP contribution < -0.4 is 15.4 Å². The molecule has 38 heavy (non-hydrogen) atoms. The molecule has 8 nitrogen and oxygen atoms in total. The van der Waals surface area contributed by atoms with E-state index in [9.17, 15) is 10.1 Å². The molecule has 0 spiro atoms. The number of anilines is 1. The monoisotopic (exact) mass is 510 g/mol. The molecule has 5 rings (SSSR count). The Balaban J connectivity index is 1.22. The molecule has 3 fully saturated rings. The van der Waals surface area contributed by atoms with Gasteiger partial charge in [0.15, 0.2) is 0 Å². The lowest BCUT2D eigenvalue weighted by Gasteiger charge is -2.34. The summed E-state index contributed by atoms with van der Waals surface area (Å²) < 4.78 is 5.61. The number of nitriles is 1. The standard InChI is InChI=1S/C30H34N6O2/c1-2-38-26-16-27(30(34-20-26)25(17-31)18-32)24-7-8-28(33-19-24)35-10-12-36(13-11-35)29(37)9-6-21-14-22-4-3-5-23(22)15-21/h7-8,16-17,19-23H,2-5,10-15,31H2,1H3/b25-17-. The Bertz CT molecular complexity index is 1280. The van der Waals surface area contributed by atoms with E-state index < -0.39 is 0 Å². The fourth-order valence-corrected chi connectivity index (χ4v) is 6.09. The predicted molar refractivity (Wildman–Crippen MR) is 147 cm³/mol. The first-order chi connectivity index (χ1) is 18.6. The number of ether oxygens (including phenoxy) is 1. The molecule has 2 aromatic rings. The van der Waals surface area contributed by atoms with Crippen molar-refractivity contribution < 1.29 is 9.53 Å². The van der Waals surface area contributed by atoms with Gasteiger partial charge in [0.25, 0.3) is 5.91 Å². The minimum atomic E-state index is -0.0551. The number of hydrogen-bond donors (Lipinski definition) is 1. The van der Waals surface area contributed by atoms with Gasteiger partial charge >= 0.3 is 0 Å². The van der Waals surface area contributed by atoms with E-state index in [2.05, 4.69) is 32.8 Å². The molecule has 0 aromatic carbocycles. The topological polar surface area (TPSA) is 108 Å². The second-order valence-electron chi connectivity index (χ2n) is 10.3. The van der Waals surface area contributed by atoms with Gasteiger partial charge in [-0.05, 0) is 55.7 Å². The Hall–Kier alpha value is -4.04. The third kappa shape index (κ3) is 5.45. The zero-order chi connectivity index (χ0) is 26.5. The van der Waals surface area contributed by atoms with E-state index in [0.29, 0.717) is 50.1 Å². The zero-order valence-electron chi connectivity index (χ0n) is 21.9. The van der Waals surface area contributed by atoms with Crippen LogP contribution in [-0.2, 0) is 4.79 Å². The summed E-state index contributed by atoms with van der Waals surface area (Å²) in [6.07, 6.45) is 11.0. The van der Waals surface area contributed by atoms with Crippen LogP contribution in [-0.4, -0.2) is 53.6 Å². The van der Waals surface area contributed by atoms with E-state index >= 15 is 0 Å². The molecule has 0 bridgehead atoms. The fraction of sp³-hybridized carbons (Fsp3) is 0.467. The Morgan fingerprint density at radius 2 is 1.92 bits per heavy atom. The normalized spacial score (nSPS) is 22.8. The smallest absolute Gasteiger partial charge is 0.298 e. The highest BCUT2D eigenvalue weighted by Gasteiger charge is 2.36. The van der Waals surface area contributed by atoms with E-state index in [4.69, 9.17) is 10.5 Å². The van der Waals surface area contributed by atoms with Crippen LogP contribution >= 0.6 is 0 Å². The highest BCUT2D eigenvalue weighted by molar-refractivity contribution is 5.93. The second-order valence-corrected chi connectivity index (χ2v) is 10.3. The average molecular weight is 511 g/mol. The van der Waals surface area contributed by atoms with Crippen molar-refractivity contribution >= 4 is 17.3 Å². The van der Waals surface area contributed by atoms with E-state index in [1.54, 1.807) is 12.4 Å². The molecule has 2 unspecified atom stereocenters. The van der Waals surface area contributed by atoms with E-state index in [0.717, 1.165) is 28.8 Å². The summed E-state index contributed by atoms with van der Waals surface area (Å²) in [5.74, 6) is 9.72. The van der Waals surface area contributed by atoms with Gasteiger partial charge in [0.2, 0.25) is 0 Å². The number of nitrogens with two attached hydrogens (primary N) is 1. The summed E-state index contributed by atoms with van der Waals surface area (Å²) >= 11 is 0. The van der Waals surface area contributed by atoms with Crippen molar-refractivity contribution in [3.63, 3.8) is 0 Å². The minimum Gasteiger partial charge on any atom is -0.492 e. The Labute approximate surface area is 224 Å². The maximum atomic E-state index is 12.7. The molecule has 3 aliphatic rings. The van der Waals surface area contributed by atoms with Crippen LogP contribution in [0.5, 0.6) is 5.75 Å². The van der Waals surface area contributed by atoms with Crippen molar-refractivity contribution in [2.75, 3.05) is 37.7 Å². The number of rotatable bonds is 5. The van der Waals surface area contributed by atoms with Gasteiger partial charge in [0.1, 0.15) is 17.6 Å². The Morgan fingerprint density at radius 1 is 1.16 bits per heavy atom. The van der Waals surface area contributed by atoms with Gasteiger partial charge in [-0.25, -0.2) is 4.98 Å². The molecule has 196 valence electrons. The molecule has 1 aliphatic heterocycles. The Morgan fingerprint density at radius 3 is 2.55 bits per heavy atom. The summed E-state index contributed by atoms with van der Waals surface area (Å²) in [7, 11) is 0. The molecular weight excluding hydrogens is 476 g/mol. The van der Waals surface area contributed by atoms with Crippen LogP contribution in [0, 0.1) is 40.9 Å². The number of hydrogen-bond acceptors (Lipinski definition) is 7. The highest BCUT2D eigenvalue weighted by Crippen LogP contribution is 2.46. The molecular formula is C30H34N6O2. The molecule has 1 amide bonds. The van der Waals surface area contributed by atoms with Crippen LogP contribution in [0.3, 0.4) is 0 Å². The van der Waals surface area contributed by atoms with Gasteiger partial charge < -0.3 is 20.3 Å². The minimum absolute atomic E-state index is 0.0551. The van der Waals surface area contributed by atoms with Crippen molar-refractivity contribution in [2.24, 2.45) is 23.5 Å². The summed E-state index contributed by atoms with van der Waals surface area (Å²) in [4.78, 5) is 25.9. The molecule has 2 N–H and O–H groups in total. The van der Waals surface area contributed by atoms with Crippen LogP contribution in [0.4, 0.5) is 5.82 Å². The third-order valence-corrected chi connectivity index (χ3v) is 8.04. The number of fused-ring (bicyclic) bond motifs is 1. The number of pyridine rings is 2. The number of allylic oxidation sites excluding steroid dienone is 1. The number of nitrogens with zero attached hydrogens (tertiary/aromatic N) is 5. The molecule has 2 aliphatic carbocycles. The van der Waals surface area contributed by atoms with E-state index in [1.165, 1.54) is 38.3 Å². The molecule has 2 aromatic heterocycles. The van der Waals surface area contributed by atoms with Crippen molar-refractivity contribution in [2.45, 2.75) is 39.0 Å². The van der Waals surface area contributed by atoms with Gasteiger partial charge in [0.05, 0.1) is 24.1 Å². The van der Waals surface area contributed by atoms with Crippen molar-refractivity contribution in [3.05, 3.63) is 42.5 Å². The van der Waals surface area contributed by atoms with E-state index in [1.807, 2.05) is 30.0 Å². The van der Waals surface area contributed by atoms with Crippen LogP contribution in [0.15, 0.2) is 36.8 Å². The summed E-state index contributed by atoms with van der Waals surface area (Å²) in [5, 5.41) is 9.49. The number of piperazine rings is 1. The summed E-state index contributed by atoms with van der Waals surface area (Å²) in [6, 6.07) is 7.88. The quantitative estimate of drug-likeness (QED) is 0.481. The average Bonchev–Trinajstić information content (AvgIpc) is 3.56. The van der Waals surface area contributed by atoms with Gasteiger partial charge in [-0.3, -0.25) is 9.78 Å². The Kier molecular flexibility index (Phi) is 7.79. The van der Waals surface area contributed by atoms with E-state index in [-0.39, 0.29) is 11.5 Å². The predicted octanol–water partition coefficient (Wildman–Crippen LogP) is 3.84. The van der Waals surface area contributed by atoms with Gasteiger partial charge in [-0.15, -0.1) is 0 Å². The largest absolute Gasteiger partial charge is 0.492 e. The maximum absolute atomic E-state index is 12.7. The van der Waals surface area contributed by atoms with Crippen molar-refractivity contribution in [3.8, 4) is 34.8 Å². The molecule has 2 saturated carbocycles. The summed E-state index contributed by atoms with van der Waals surface area (Å²) in [6.45, 7) is 5.08. The van der Waals surface area contributed by atoms with Crippen LogP contribution in [0.2, 0.25) is 0 Å².